The van der Waals surface area contributed by atoms with E-state index in [0.29, 0.717) is 6.61 Å². The molecule has 0 fully saturated rings. The Morgan fingerprint density at radius 2 is 1.59 bits per heavy atom. The molecule has 3 nitrogen and oxygen atoms in total. The predicted molar refractivity (Wildman–Crippen MR) is 94.3 cm³/mol. The summed E-state index contributed by atoms with van der Waals surface area (Å²) in [6.07, 6.45) is 2.99. The maximum absolute atomic E-state index is 6.28. The highest BCUT2D eigenvalue weighted by Crippen LogP contribution is 2.27. The second-order valence-electron chi connectivity index (χ2n) is 5.20. The molecule has 0 bridgehead atoms. The van der Waals surface area contributed by atoms with E-state index in [1.54, 1.807) is 0 Å². The SMILES string of the molecule is Cl.NCCCC[C@H](N)c1ccccc1OCc1ccccc1. The van der Waals surface area contributed by atoms with E-state index in [9.17, 15) is 0 Å². The lowest BCUT2D eigenvalue weighted by molar-refractivity contribution is 0.300. The Labute approximate surface area is 139 Å². The van der Waals surface area contributed by atoms with E-state index in [1.807, 2.05) is 42.5 Å². The summed E-state index contributed by atoms with van der Waals surface area (Å²) in [5.41, 5.74) is 14.0. The van der Waals surface area contributed by atoms with Crippen molar-refractivity contribution in [3.8, 4) is 5.75 Å². The van der Waals surface area contributed by atoms with Crippen LogP contribution in [0, 0.1) is 0 Å². The van der Waals surface area contributed by atoms with Gasteiger partial charge in [-0.25, -0.2) is 0 Å². The molecule has 2 aromatic carbocycles. The van der Waals surface area contributed by atoms with Gasteiger partial charge in [0.05, 0.1) is 0 Å². The minimum Gasteiger partial charge on any atom is -0.489 e. The highest BCUT2D eigenvalue weighted by Gasteiger charge is 2.11. The van der Waals surface area contributed by atoms with Crippen LogP contribution < -0.4 is 16.2 Å². The minimum absolute atomic E-state index is 0. The Kier molecular flexibility index (Phi) is 8.60. The van der Waals surface area contributed by atoms with Gasteiger partial charge in [-0.2, -0.15) is 0 Å². The first-order valence-corrected chi connectivity index (χ1v) is 7.52. The van der Waals surface area contributed by atoms with Crippen LogP contribution in [0.2, 0.25) is 0 Å². The zero-order valence-electron chi connectivity index (χ0n) is 12.8. The molecule has 0 unspecified atom stereocenters. The molecule has 0 aliphatic heterocycles. The van der Waals surface area contributed by atoms with Crippen LogP contribution >= 0.6 is 12.4 Å². The lowest BCUT2D eigenvalue weighted by atomic mass is 10.0. The molecule has 0 saturated carbocycles. The molecule has 0 saturated heterocycles. The highest BCUT2D eigenvalue weighted by atomic mass is 35.5. The van der Waals surface area contributed by atoms with Gasteiger partial charge >= 0.3 is 0 Å². The first-order chi connectivity index (χ1) is 10.3. The number of nitrogens with two attached hydrogens (primary N) is 2. The molecule has 0 aromatic heterocycles. The summed E-state index contributed by atoms with van der Waals surface area (Å²) >= 11 is 0. The Bertz CT molecular complexity index is 534. The average molecular weight is 321 g/mol. The maximum Gasteiger partial charge on any atom is 0.124 e. The number of halogens is 1. The minimum atomic E-state index is 0. The van der Waals surface area contributed by atoms with Crippen LogP contribution in [0.5, 0.6) is 5.75 Å². The molecule has 0 heterocycles. The topological polar surface area (TPSA) is 61.3 Å². The quantitative estimate of drug-likeness (QED) is 0.727. The summed E-state index contributed by atoms with van der Waals surface area (Å²) in [6.45, 7) is 1.28. The van der Waals surface area contributed by atoms with Crippen molar-refractivity contribution < 1.29 is 4.74 Å². The third-order valence-corrected chi connectivity index (χ3v) is 3.52. The van der Waals surface area contributed by atoms with Gasteiger partial charge in [0.15, 0.2) is 0 Å². The summed E-state index contributed by atoms with van der Waals surface area (Å²) in [7, 11) is 0. The molecule has 0 amide bonds. The average Bonchev–Trinajstić information content (AvgIpc) is 2.54. The van der Waals surface area contributed by atoms with Crippen molar-refractivity contribution in [2.75, 3.05) is 6.54 Å². The summed E-state index contributed by atoms with van der Waals surface area (Å²) in [5.74, 6) is 0.876. The van der Waals surface area contributed by atoms with Crippen LogP contribution in [0.15, 0.2) is 54.6 Å². The van der Waals surface area contributed by atoms with Crippen molar-refractivity contribution in [3.63, 3.8) is 0 Å². The molecule has 1 atom stereocenters. The number of para-hydroxylation sites is 1. The number of hydrogen-bond acceptors (Lipinski definition) is 3. The van der Waals surface area contributed by atoms with Gasteiger partial charge in [-0.3, -0.25) is 0 Å². The highest BCUT2D eigenvalue weighted by molar-refractivity contribution is 5.85. The molecule has 0 aliphatic rings. The van der Waals surface area contributed by atoms with E-state index in [4.69, 9.17) is 16.2 Å². The molecular weight excluding hydrogens is 296 g/mol. The van der Waals surface area contributed by atoms with Crippen LogP contribution in [0.1, 0.15) is 36.4 Å². The lowest BCUT2D eigenvalue weighted by Crippen LogP contribution is -2.12. The zero-order valence-corrected chi connectivity index (χ0v) is 13.6. The van der Waals surface area contributed by atoms with Crippen molar-refractivity contribution in [1.29, 1.82) is 0 Å². The molecular formula is C18H25ClN2O. The van der Waals surface area contributed by atoms with Gasteiger partial charge < -0.3 is 16.2 Å². The van der Waals surface area contributed by atoms with Gasteiger partial charge in [0, 0.05) is 11.6 Å². The molecule has 4 heteroatoms. The van der Waals surface area contributed by atoms with Gasteiger partial charge in [0.25, 0.3) is 0 Å². The second kappa shape index (κ2) is 10.2. The Hall–Kier alpha value is -1.55. The van der Waals surface area contributed by atoms with E-state index >= 15 is 0 Å². The van der Waals surface area contributed by atoms with Crippen molar-refractivity contribution in [2.45, 2.75) is 31.9 Å². The molecule has 4 N–H and O–H groups in total. The lowest BCUT2D eigenvalue weighted by Gasteiger charge is -2.17. The first-order valence-electron chi connectivity index (χ1n) is 7.52. The van der Waals surface area contributed by atoms with Crippen LogP contribution in [0.3, 0.4) is 0 Å². The summed E-state index contributed by atoms with van der Waals surface area (Å²) in [6, 6.07) is 18.2. The normalized spacial score (nSPS) is 11.5. The van der Waals surface area contributed by atoms with E-state index in [1.165, 1.54) is 0 Å². The first kappa shape index (κ1) is 18.5. The summed E-state index contributed by atoms with van der Waals surface area (Å²) in [5, 5.41) is 0. The van der Waals surface area contributed by atoms with Crippen molar-refractivity contribution in [3.05, 3.63) is 65.7 Å². The van der Waals surface area contributed by atoms with Gasteiger partial charge in [0.2, 0.25) is 0 Å². The van der Waals surface area contributed by atoms with E-state index < -0.39 is 0 Å². The number of unbranched alkanes of at least 4 members (excludes halogenated alkanes) is 1. The Morgan fingerprint density at radius 1 is 0.909 bits per heavy atom. The fraction of sp³-hybridized carbons (Fsp3) is 0.333. The third kappa shape index (κ3) is 5.68. The van der Waals surface area contributed by atoms with Gasteiger partial charge in [-0.15, -0.1) is 12.4 Å². The molecule has 2 rings (SSSR count). The number of benzene rings is 2. The number of ether oxygens (including phenoxy) is 1. The van der Waals surface area contributed by atoms with E-state index in [-0.39, 0.29) is 18.4 Å². The standard InChI is InChI=1S/C18H24N2O.ClH/c19-13-7-6-11-17(20)16-10-4-5-12-18(16)21-14-15-8-2-1-3-9-15;/h1-5,8-10,12,17H,6-7,11,13-14,19-20H2;1H/t17-;/m0./s1. The molecule has 120 valence electrons. The molecule has 22 heavy (non-hydrogen) atoms. The Morgan fingerprint density at radius 3 is 2.32 bits per heavy atom. The maximum atomic E-state index is 6.28. The van der Waals surface area contributed by atoms with Crippen molar-refractivity contribution in [1.82, 2.24) is 0 Å². The largest absolute Gasteiger partial charge is 0.489 e. The van der Waals surface area contributed by atoms with Crippen LogP contribution in [-0.2, 0) is 6.61 Å². The van der Waals surface area contributed by atoms with E-state index in [2.05, 4.69) is 12.1 Å². The number of hydrogen-bond donors (Lipinski definition) is 2. The zero-order chi connectivity index (χ0) is 14.9. The molecule has 0 radical (unpaired) electrons. The molecule has 0 spiro atoms. The predicted octanol–water partition coefficient (Wildman–Crippen LogP) is 3.82. The monoisotopic (exact) mass is 320 g/mol. The van der Waals surface area contributed by atoms with Gasteiger partial charge in [-0.05, 0) is 31.0 Å². The van der Waals surface area contributed by atoms with Crippen molar-refractivity contribution >= 4 is 12.4 Å². The molecule has 0 aliphatic carbocycles. The van der Waals surface area contributed by atoms with Gasteiger partial charge in [-0.1, -0.05) is 55.0 Å². The van der Waals surface area contributed by atoms with E-state index in [0.717, 1.165) is 42.7 Å². The fourth-order valence-corrected chi connectivity index (χ4v) is 2.32. The fourth-order valence-electron chi connectivity index (χ4n) is 2.32. The third-order valence-electron chi connectivity index (χ3n) is 3.52. The molecule has 2 aromatic rings. The summed E-state index contributed by atoms with van der Waals surface area (Å²) < 4.78 is 5.95. The summed E-state index contributed by atoms with van der Waals surface area (Å²) in [4.78, 5) is 0. The second-order valence-corrected chi connectivity index (χ2v) is 5.20. The van der Waals surface area contributed by atoms with Gasteiger partial charge in [0.1, 0.15) is 12.4 Å². The van der Waals surface area contributed by atoms with Crippen LogP contribution in [-0.4, -0.2) is 6.54 Å². The smallest absolute Gasteiger partial charge is 0.124 e. The van der Waals surface area contributed by atoms with Crippen LogP contribution in [0.25, 0.3) is 0 Å². The Balaban J connectivity index is 0.00000242. The van der Waals surface area contributed by atoms with Crippen LogP contribution in [0.4, 0.5) is 0 Å². The number of rotatable bonds is 8. The van der Waals surface area contributed by atoms with Crippen molar-refractivity contribution in [2.24, 2.45) is 11.5 Å².